The maximum absolute atomic E-state index is 11.8. The highest BCUT2D eigenvalue weighted by molar-refractivity contribution is 6.07. The van der Waals surface area contributed by atoms with Gasteiger partial charge in [0.25, 0.3) is 5.91 Å². The lowest BCUT2D eigenvalue weighted by molar-refractivity contribution is -0.140. The van der Waals surface area contributed by atoms with Crippen LogP contribution in [0.5, 0.6) is 0 Å². The third kappa shape index (κ3) is 2.65. The number of nitrogens with two attached hydrogens (primary N) is 1. The zero-order chi connectivity index (χ0) is 17.6. The number of rotatable bonds is 3. The van der Waals surface area contributed by atoms with Gasteiger partial charge in [0, 0.05) is 29.8 Å². The molecule has 2 N–H and O–H groups in total. The van der Waals surface area contributed by atoms with Gasteiger partial charge < -0.3 is 10.6 Å². The highest BCUT2D eigenvalue weighted by Gasteiger charge is 2.17. The van der Waals surface area contributed by atoms with Gasteiger partial charge in [0.2, 0.25) is 0 Å². The number of pyridine rings is 1. The molecule has 0 saturated carbocycles. The molecule has 1 amide bonds. The fraction of sp³-hybridized carbons (Fsp3) is 0.211. The highest BCUT2D eigenvalue weighted by Crippen LogP contribution is 2.30. The first-order valence-corrected chi connectivity index (χ1v) is 8.15. The predicted molar refractivity (Wildman–Crippen MR) is 93.0 cm³/mol. The molecule has 2 heterocycles. The van der Waals surface area contributed by atoms with Gasteiger partial charge in [-0.1, -0.05) is 6.07 Å². The second kappa shape index (κ2) is 5.73. The molecule has 6 heteroatoms. The van der Waals surface area contributed by atoms with Gasteiger partial charge in [-0.15, -0.1) is 0 Å². The van der Waals surface area contributed by atoms with E-state index in [4.69, 9.17) is 10.6 Å². The van der Waals surface area contributed by atoms with Crippen LogP contribution in [0.4, 0.5) is 0 Å². The summed E-state index contributed by atoms with van der Waals surface area (Å²) in [6.45, 7) is 1.31. The monoisotopic (exact) mass is 335 g/mol. The van der Waals surface area contributed by atoms with Gasteiger partial charge in [0.15, 0.2) is 0 Å². The topological polar surface area (TPSA) is 87.2 Å². The third-order valence-electron chi connectivity index (χ3n) is 4.52. The van der Waals surface area contributed by atoms with E-state index < -0.39 is 11.9 Å². The minimum Gasteiger partial charge on any atom is -0.366 e. The van der Waals surface area contributed by atoms with Crippen LogP contribution in [0, 0.1) is 0 Å². The molecule has 3 aromatic rings. The minimum absolute atomic E-state index is 0.312. The molecule has 0 fully saturated rings. The maximum Gasteiger partial charge on any atom is 0.329 e. The zero-order valence-electron chi connectivity index (χ0n) is 13.8. The van der Waals surface area contributed by atoms with Crippen LogP contribution < -0.4 is 10.6 Å². The molecule has 25 heavy (non-hydrogen) atoms. The highest BCUT2D eigenvalue weighted by atomic mass is 16.7. The van der Waals surface area contributed by atoms with Gasteiger partial charge in [-0.2, -0.15) is 4.73 Å². The molecule has 6 nitrogen and oxygen atoms in total. The van der Waals surface area contributed by atoms with Crippen molar-refractivity contribution in [2.45, 2.75) is 26.2 Å². The third-order valence-corrected chi connectivity index (χ3v) is 4.52. The summed E-state index contributed by atoms with van der Waals surface area (Å²) in [6, 6.07) is 7.77. The van der Waals surface area contributed by atoms with Crippen molar-refractivity contribution < 1.29 is 14.4 Å². The number of amides is 1. The van der Waals surface area contributed by atoms with E-state index in [0.717, 1.165) is 30.4 Å². The van der Waals surface area contributed by atoms with E-state index in [1.807, 2.05) is 24.4 Å². The molecule has 0 radical (unpaired) electrons. The Balaban J connectivity index is 1.85. The molecule has 0 aliphatic heterocycles. The second-order valence-electron chi connectivity index (χ2n) is 6.23. The van der Waals surface area contributed by atoms with Gasteiger partial charge >= 0.3 is 5.97 Å². The Bertz CT molecular complexity index is 1020. The molecule has 0 saturated heterocycles. The number of fused-ring (bicyclic) bond motifs is 2. The number of aromatic nitrogens is 2. The Kier molecular flexibility index (Phi) is 3.53. The summed E-state index contributed by atoms with van der Waals surface area (Å²) in [5.41, 5.74) is 10.8. The van der Waals surface area contributed by atoms with Crippen molar-refractivity contribution in [3.8, 4) is 11.1 Å². The van der Waals surface area contributed by atoms with Crippen LogP contribution in [0.3, 0.4) is 0 Å². The molecular weight excluding hydrogens is 318 g/mol. The first kappa shape index (κ1) is 15.4. The van der Waals surface area contributed by atoms with E-state index in [2.05, 4.69) is 11.1 Å². The van der Waals surface area contributed by atoms with Gasteiger partial charge in [-0.25, -0.2) is 4.79 Å². The van der Waals surface area contributed by atoms with Crippen LogP contribution in [0.1, 0.15) is 35.0 Å². The van der Waals surface area contributed by atoms with E-state index in [1.54, 1.807) is 0 Å². The van der Waals surface area contributed by atoms with Crippen molar-refractivity contribution in [2.24, 2.45) is 5.73 Å². The van der Waals surface area contributed by atoms with Crippen molar-refractivity contribution >= 4 is 22.8 Å². The smallest absolute Gasteiger partial charge is 0.329 e. The molecule has 1 aromatic carbocycles. The van der Waals surface area contributed by atoms with Gasteiger partial charge in [-0.05, 0) is 48.6 Å². The Labute approximate surface area is 144 Å². The predicted octanol–water partition coefficient (Wildman–Crippen LogP) is 2.27. The molecule has 0 unspecified atom stereocenters. The summed E-state index contributed by atoms with van der Waals surface area (Å²) >= 11 is 0. The first-order valence-electron chi connectivity index (χ1n) is 8.15. The van der Waals surface area contributed by atoms with E-state index in [0.29, 0.717) is 16.5 Å². The van der Waals surface area contributed by atoms with Gasteiger partial charge in [-0.3, -0.25) is 9.78 Å². The number of benzene rings is 1. The zero-order valence-corrected chi connectivity index (χ0v) is 13.8. The average molecular weight is 335 g/mol. The van der Waals surface area contributed by atoms with Crippen molar-refractivity contribution in [3.05, 3.63) is 53.5 Å². The van der Waals surface area contributed by atoms with E-state index in [-0.39, 0.29) is 0 Å². The lowest BCUT2D eigenvalue weighted by Gasteiger charge is -2.07. The number of carbonyl (C=O) groups is 2. The van der Waals surface area contributed by atoms with Crippen LogP contribution in [0.2, 0.25) is 0 Å². The average Bonchev–Trinajstić information content (AvgIpc) is 3.18. The summed E-state index contributed by atoms with van der Waals surface area (Å²) < 4.78 is 1.28. The number of carbonyl (C=O) groups excluding carboxylic acids is 2. The van der Waals surface area contributed by atoms with Gasteiger partial charge in [0.1, 0.15) is 0 Å². The summed E-state index contributed by atoms with van der Waals surface area (Å²) in [7, 11) is 0. The number of aryl methyl sites for hydroxylation is 2. The van der Waals surface area contributed by atoms with Crippen LogP contribution in [0.15, 0.2) is 36.7 Å². The van der Waals surface area contributed by atoms with E-state index in [1.165, 1.54) is 29.1 Å². The van der Waals surface area contributed by atoms with E-state index >= 15 is 0 Å². The van der Waals surface area contributed by atoms with Crippen LogP contribution in [-0.2, 0) is 17.6 Å². The molecular formula is C19H17N3O3. The SMILES string of the molecule is CC(=O)On1cc(C(N)=O)c2cc(-c3cnc4c(c3)CCC4)ccc21. The fourth-order valence-electron chi connectivity index (χ4n) is 3.37. The van der Waals surface area contributed by atoms with Crippen molar-refractivity contribution in [2.75, 3.05) is 0 Å². The minimum atomic E-state index is -0.569. The molecule has 126 valence electrons. The summed E-state index contributed by atoms with van der Waals surface area (Å²) in [5, 5.41) is 0.645. The summed E-state index contributed by atoms with van der Waals surface area (Å²) in [5.74, 6) is -1.04. The fourth-order valence-corrected chi connectivity index (χ4v) is 3.37. The Morgan fingerprint density at radius 1 is 1.20 bits per heavy atom. The number of nitrogens with zero attached hydrogens (tertiary/aromatic N) is 2. The second-order valence-corrected chi connectivity index (χ2v) is 6.23. The lowest BCUT2D eigenvalue weighted by atomic mass is 10.0. The Morgan fingerprint density at radius 3 is 2.80 bits per heavy atom. The Morgan fingerprint density at radius 2 is 2.04 bits per heavy atom. The van der Waals surface area contributed by atoms with Crippen LogP contribution in [-0.4, -0.2) is 21.6 Å². The first-order chi connectivity index (χ1) is 12.0. The molecule has 4 rings (SSSR count). The molecule has 0 atom stereocenters. The standard InChI is InChI=1S/C19H17N3O3/c1-11(23)25-22-10-16(19(20)24)15-8-12(5-6-18(15)22)14-7-13-3-2-4-17(13)21-9-14/h5-10H,2-4H2,1H3,(H2,20,24). The van der Waals surface area contributed by atoms with Crippen LogP contribution >= 0.6 is 0 Å². The Hall–Kier alpha value is -3.15. The molecule has 1 aliphatic rings. The summed E-state index contributed by atoms with van der Waals surface area (Å²) in [6.07, 6.45) is 6.53. The van der Waals surface area contributed by atoms with Crippen molar-refractivity contribution in [1.29, 1.82) is 0 Å². The number of hydrogen-bond acceptors (Lipinski definition) is 4. The van der Waals surface area contributed by atoms with Crippen molar-refractivity contribution in [1.82, 2.24) is 9.71 Å². The normalized spacial score (nSPS) is 13.0. The number of primary amides is 1. The van der Waals surface area contributed by atoms with Crippen LogP contribution in [0.25, 0.3) is 22.0 Å². The summed E-state index contributed by atoms with van der Waals surface area (Å²) in [4.78, 5) is 32.7. The van der Waals surface area contributed by atoms with Crippen molar-refractivity contribution in [3.63, 3.8) is 0 Å². The molecule has 1 aliphatic carbocycles. The molecule has 0 bridgehead atoms. The lowest BCUT2D eigenvalue weighted by Crippen LogP contribution is -2.16. The maximum atomic E-state index is 11.8. The van der Waals surface area contributed by atoms with E-state index in [9.17, 15) is 9.59 Å². The molecule has 0 spiro atoms. The molecule has 2 aromatic heterocycles. The largest absolute Gasteiger partial charge is 0.366 e. The van der Waals surface area contributed by atoms with Gasteiger partial charge in [0.05, 0.1) is 17.3 Å². The number of hydrogen-bond donors (Lipinski definition) is 1. The quantitative estimate of drug-likeness (QED) is 0.795.